The van der Waals surface area contributed by atoms with Crippen LogP contribution in [0.15, 0.2) is 48.5 Å². The van der Waals surface area contributed by atoms with E-state index in [2.05, 4.69) is 5.32 Å². The molecular weight excluding hydrogens is 384 g/mol. The van der Waals surface area contributed by atoms with Gasteiger partial charge in [-0.25, -0.2) is 5.48 Å². The van der Waals surface area contributed by atoms with Crippen LogP contribution in [0.2, 0.25) is 0 Å². The molecule has 1 fully saturated rings. The first-order valence-electron chi connectivity index (χ1n) is 9.51. The van der Waals surface area contributed by atoms with Crippen molar-refractivity contribution in [3.05, 3.63) is 65.2 Å². The van der Waals surface area contributed by atoms with E-state index in [0.29, 0.717) is 22.6 Å². The molecule has 3 N–H and O–H groups in total. The van der Waals surface area contributed by atoms with Crippen molar-refractivity contribution >= 4 is 29.5 Å². The maximum absolute atomic E-state index is 13.0. The summed E-state index contributed by atoms with van der Waals surface area (Å²) in [6, 6.07) is 12.9. The zero-order valence-electron chi connectivity index (χ0n) is 16.8. The summed E-state index contributed by atoms with van der Waals surface area (Å²) in [5.41, 5.74) is 4.30. The minimum absolute atomic E-state index is 0.162. The quantitative estimate of drug-likeness (QED) is 0.270. The molecule has 0 bridgehead atoms. The van der Waals surface area contributed by atoms with Crippen LogP contribution in [0.25, 0.3) is 17.7 Å². The monoisotopic (exact) mass is 408 g/mol. The van der Waals surface area contributed by atoms with Crippen LogP contribution in [-0.2, 0) is 9.59 Å². The Hall–Kier alpha value is -3.58. The SMILES string of the molecule is COc1ccc(C(=Cc2ccc(C=CC(=O)NO)cc2)C(=O)NC2CC2)c(OC)c1. The molecule has 7 nitrogen and oxygen atoms in total. The van der Waals surface area contributed by atoms with Gasteiger partial charge in [0.25, 0.3) is 11.8 Å². The average Bonchev–Trinajstić information content (AvgIpc) is 3.60. The highest BCUT2D eigenvalue weighted by atomic mass is 16.5. The van der Waals surface area contributed by atoms with E-state index in [-0.39, 0.29) is 11.9 Å². The summed E-state index contributed by atoms with van der Waals surface area (Å²) >= 11 is 0. The summed E-state index contributed by atoms with van der Waals surface area (Å²) in [7, 11) is 3.13. The van der Waals surface area contributed by atoms with Gasteiger partial charge in [-0.15, -0.1) is 0 Å². The lowest BCUT2D eigenvalue weighted by atomic mass is 10.00. The Bertz CT molecular complexity index is 976. The first-order valence-corrected chi connectivity index (χ1v) is 9.51. The van der Waals surface area contributed by atoms with Gasteiger partial charge in [0, 0.05) is 23.7 Å². The maximum atomic E-state index is 13.0. The number of methoxy groups -OCH3 is 2. The predicted molar refractivity (Wildman–Crippen MR) is 114 cm³/mol. The molecule has 0 atom stereocenters. The van der Waals surface area contributed by atoms with Crippen LogP contribution >= 0.6 is 0 Å². The molecule has 0 heterocycles. The molecule has 0 spiro atoms. The standard InChI is InChI=1S/C23H24N2O5/c1-29-18-10-11-19(21(14-18)30-2)20(23(27)24-17-8-9-17)13-16-5-3-15(4-6-16)7-12-22(26)25-28/h3-7,10-14,17,28H,8-9H2,1-2H3,(H,24,27)(H,25,26). The molecule has 7 heteroatoms. The van der Waals surface area contributed by atoms with Gasteiger partial charge in [0.2, 0.25) is 0 Å². The van der Waals surface area contributed by atoms with Crippen molar-refractivity contribution in [2.75, 3.05) is 14.2 Å². The Kier molecular flexibility index (Phi) is 6.87. The lowest BCUT2D eigenvalue weighted by molar-refractivity contribution is -0.124. The van der Waals surface area contributed by atoms with Gasteiger partial charge >= 0.3 is 0 Å². The van der Waals surface area contributed by atoms with Gasteiger partial charge < -0.3 is 14.8 Å². The van der Waals surface area contributed by atoms with Gasteiger partial charge in [-0.2, -0.15) is 0 Å². The van der Waals surface area contributed by atoms with Gasteiger partial charge in [0.1, 0.15) is 11.5 Å². The van der Waals surface area contributed by atoms with E-state index in [1.54, 1.807) is 50.1 Å². The van der Waals surface area contributed by atoms with Crippen LogP contribution in [0, 0.1) is 0 Å². The Morgan fingerprint density at radius 2 is 1.73 bits per heavy atom. The van der Waals surface area contributed by atoms with E-state index < -0.39 is 5.91 Å². The lowest BCUT2D eigenvalue weighted by Gasteiger charge is -2.14. The van der Waals surface area contributed by atoms with Gasteiger partial charge in [0.15, 0.2) is 0 Å². The highest BCUT2D eigenvalue weighted by Gasteiger charge is 2.26. The van der Waals surface area contributed by atoms with Crippen LogP contribution in [0.5, 0.6) is 11.5 Å². The number of nitrogens with one attached hydrogen (secondary N) is 2. The molecule has 0 aliphatic heterocycles. The number of carbonyl (C=O) groups is 2. The first-order chi connectivity index (χ1) is 14.5. The molecule has 2 amide bonds. The van der Waals surface area contributed by atoms with Gasteiger partial charge in [-0.1, -0.05) is 24.3 Å². The van der Waals surface area contributed by atoms with E-state index in [0.717, 1.165) is 24.0 Å². The van der Waals surface area contributed by atoms with Crippen molar-refractivity contribution in [3.63, 3.8) is 0 Å². The number of hydroxylamine groups is 1. The lowest BCUT2D eigenvalue weighted by Crippen LogP contribution is -2.26. The Morgan fingerprint density at radius 3 is 2.33 bits per heavy atom. The third-order valence-corrected chi connectivity index (χ3v) is 4.64. The summed E-state index contributed by atoms with van der Waals surface area (Å²) < 4.78 is 10.7. The van der Waals surface area contributed by atoms with Crippen LogP contribution in [-0.4, -0.2) is 37.3 Å². The Morgan fingerprint density at radius 1 is 1.03 bits per heavy atom. The third-order valence-electron chi connectivity index (χ3n) is 4.64. The Labute approximate surface area is 175 Å². The van der Waals surface area contributed by atoms with E-state index >= 15 is 0 Å². The predicted octanol–water partition coefficient (Wildman–Crippen LogP) is 3.04. The second-order valence-electron chi connectivity index (χ2n) is 6.85. The van der Waals surface area contributed by atoms with E-state index in [1.165, 1.54) is 6.08 Å². The van der Waals surface area contributed by atoms with Crippen LogP contribution < -0.4 is 20.3 Å². The number of carbonyl (C=O) groups excluding carboxylic acids is 2. The fourth-order valence-corrected chi connectivity index (χ4v) is 2.86. The molecule has 1 aliphatic rings. The average molecular weight is 408 g/mol. The zero-order chi connectivity index (χ0) is 21.5. The molecule has 30 heavy (non-hydrogen) atoms. The number of hydrogen-bond donors (Lipinski definition) is 3. The number of hydrogen-bond acceptors (Lipinski definition) is 5. The molecule has 156 valence electrons. The zero-order valence-corrected chi connectivity index (χ0v) is 16.8. The normalized spacial score (nSPS) is 13.8. The third kappa shape index (κ3) is 5.48. The summed E-state index contributed by atoms with van der Waals surface area (Å²) in [5, 5.41) is 11.6. The summed E-state index contributed by atoms with van der Waals surface area (Å²) in [4.78, 5) is 24.1. The minimum atomic E-state index is -0.607. The summed E-state index contributed by atoms with van der Waals surface area (Å²) in [5.74, 6) is 0.413. The van der Waals surface area contributed by atoms with Crippen LogP contribution in [0.4, 0.5) is 0 Å². The number of benzene rings is 2. The molecule has 0 saturated heterocycles. The smallest absolute Gasteiger partial charge is 0.267 e. The second-order valence-corrected chi connectivity index (χ2v) is 6.85. The number of ether oxygens (including phenoxy) is 2. The number of rotatable bonds is 8. The molecule has 0 aromatic heterocycles. The highest BCUT2D eigenvalue weighted by molar-refractivity contribution is 6.25. The Balaban J connectivity index is 1.94. The maximum Gasteiger partial charge on any atom is 0.267 e. The molecule has 2 aromatic rings. The fraction of sp³-hybridized carbons (Fsp3) is 0.217. The molecule has 3 rings (SSSR count). The van der Waals surface area contributed by atoms with E-state index in [4.69, 9.17) is 14.7 Å². The van der Waals surface area contributed by atoms with Crippen LogP contribution in [0.3, 0.4) is 0 Å². The summed E-state index contributed by atoms with van der Waals surface area (Å²) in [6.45, 7) is 0. The van der Waals surface area contributed by atoms with E-state index in [9.17, 15) is 9.59 Å². The molecule has 0 unspecified atom stereocenters. The van der Waals surface area contributed by atoms with Crippen molar-refractivity contribution in [1.82, 2.24) is 10.8 Å². The summed E-state index contributed by atoms with van der Waals surface area (Å²) in [6.07, 6.45) is 6.58. The first kappa shape index (κ1) is 21.1. The van der Waals surface area contributed by atoms with Crippen molar-refractivity contribution in [2.24, 2.45) is 0 Å². The largest absolute Gasteiger partial charge is 0.497 e. The second kappa shape index (κ2) is 9.76. The van der Waals surface area contributed by atoms with Crippen molar-refractivity contribution < 1.29 is 24.3 Å². The van der Waals surface area contributed by atoms with Crippen molar-refractivity contribution in [3.8, 4) is 11.5 Å². The van der Waals surface area contributed by atoms with Gasteiger partial charge in [-0.3, -0.25) is 14.8 Å². The molecule has 2 aromatic carbocycles. The minimum Gasteiger partial charge on any atom is -0.497 e. The van der Waals surface area contributed by atoms with E-state index in [1.807, 2.05) is 24.3 Å². The number of amides is 2. The molecular formula is C23H24N2O5. The fourth-order valence-electron chi connectivity index (χ4n) is 2.86. The molecule has 1 saturated carbocycles. The van der Waals surface area contributed by atoms with Crippen LogP contribution in [0.1, 0.15) is 29.5 Å². The van der Waals surface area contributed by atoms with Gasteiger partial charge in [-0.05, 0) is 48.3 Å². The van der Waals surface area contributed by atoms with Crippen molar-refractivity contribution in [2.45, 2.75) is 18.9 Å². The molecule has 1 aliphatic carbocycles. The molecule has 0 radical (unpaired) electrons. The van der Waals surface area contributed by atoms with Crippen molar-refractivity contribution in [1.29, 1.82) is 0 Å². The van der Waals surface area contributed by atoms with Gasteiger partial charge in [0.05, 0.1) is 19.8 Å². The highest BCUT2D eigenvalue weighted by Crippen LogP contribution is 2.32. The topological polar surface area (TPSA) is 96.9 Å².